The van der Waals surface area contributed by atoms with E-state index >= 15 is 0 Å². The molecule has 3 amide bonds. The summed E-state index contributed by atoms with van der Waals surface area (Å²) in [5, 5.41) is 15.7. The van der Waals surface area contributed by atoms with Gasteiger partial charge in [-0.3, -0.25) is 19.1 Å². The van der Waals surface area contributed by atoms with E-state index in [1.54, 1.807) is 16.4 Å². The van der Waals surface area contributed by atoms with Crippen molar-refractivity contribution in [3.8, 4) is 11.4 Å². The molecule has 1 aromatic carbocycles. The third-order valence-corrected chi connectivity index (χ3v) is 9.10. The smallest absolute Gasteiger partial charge is 0.272 e. The molecule has 0 unspecified atom stereocenters. The van der Waals surface area contributed by atoms with Gasteiger partial charge in [0.1, 0.15) is 11.7 Å². The zero-order valence-corrected chi connectivity index (χ0v) is 27.0. The van der Waals surface area contributed by atoms with Crippen LogP contribution in [0, 0.1) is 5.92 Å². The SMILES string of the molecule is CSCC[C@@H]1NC(=O)CCCN(C(=O)c2c3c(nn2C)CCCC3)CCn2nc(-c3ccccc3)nc2[C@@H](C(C)C)NC1=O. The second-order valence-electron chi connectivity index (χ2n) is 12.0. The van der Waals surface area contributed by atoms with Gasteiger partial charge in [-0.2, -0.15) is 22.0 Å². The zero-order chi connectivity index (χ0) is 31.2. The number of benzene rings is 1. The fourth-order valence-electron chi connectivity index (χ4n) is 6.07. The summed E-state index contributed by atoms with van der Waals surface area (Å²) >= 11 is 1.63. The molecule has 0 radical (unpaired) electrons. The molecule has 236 valence electrons. The van der Waals surface area contributed by atoms with E-state index in [1.807, 2.05) is 67.1 Å². The van der Waals surface area contributed by atoms with Crippen LogP contribution in [0.15, 0.2) is 30.3 Å². The summed E-state index contributed by atoms with van der Waals surface area (Å²) in [6.45, 7) is 5.23. The van der Waals surface area contributed by atoms with Crippen molar-refractivity contribution < 1.29 is 14.4 Å². The molecule has 0 spiro atoms. The summed E-state index contributed by atoms with van der Waals surface area (Å²) in [7, 11) is 1.84. The van der Waals surface area contributed by atoms with Crippen molar-refractivity contribution in [3.63, 3.8) is 0 Å². The Morgan fingerprint density at radius 2 is 1.77 bits per heavy atom. The van der Waals surface area contributed by atoms with Gasteiger partial charge in [0.15, 0.2) is 11.6 Å². The summed E-state index contributed by atoms with van der Waals surface area (Å²) < 4.78 is 3.57. The number of hydrogen-bond acceptors (Lipinski definition) is 7. The second kappa shape index (κ2) is 14.4. The van der Waals surface area contributed by atoms with E-state index in [0.717, 1.165) is 48.3 Å². The minimum atomic E-state index is -0.664. The van der Waals surface area contributed by atoms with Gasteiger partial charge in [0, 0.05) is 37.7 Å². The first-order valence-electron chi connectivity index (χ1n) is 15.7. The van der Waals surface area contributed by atoms with E-state index < -0.39 is 12.1 Å². The Morgan fingerprint density at radius 3 is 2.52 bits per heavy atom. The van der Waals surface area contributed by atoms with Crippen LogP contribution >= 0.6 is 11.8 Å². The average molecular weight is 621 g/mol. The van der Waals surface area contributed by atoms with Crippen molar-refractivity contribution in [2.45, 2.75) is 77.4 Å². The van der Waals surface area contributed by atoms with Gasteiger partial charge in [-0.1, -0.05) is 44.2 Å². The van der Waals surface area contributed by atoms with E-state index in [4.69, 9.17) is 10.1 Å². The lowest BCUT2D eigenvalue weighted by Crippen LogP contribution is -2.49. The van der Waals surface area contributed by atoms with Gasteiger partial charge in [0.05, 0.1) is 18.3 Å². The molecule has 2 aliphatic rings. The van der Waals surface area contributed by atoms with Gasteiger partial charge in [-0.05, 0) is 56.5 Å². The van der Waals surface area contributed by atoms with Crippen LogP contribution in [0.5, 0.6) is 0 Å². The number of rotatable bonds is 6. The average Bonchev–Trinajstić information content (AvgIpc) is 3.59. The lowest BCUT2D eigenvalue weighted by molar-refractivity contribution is -0.129. The van der Waals surface area contributed by atoms with Crippen molar-refractivity contribution >= 4 is 29.5 Å². The first kappa shape index (κ1) is 31.7. The molecule has 44 heavy (non-hydrogen) atoms. The summed E-state index contributed by atoms with van der Waals surface area (Å²) in [6.07, 6.45) is 7.06. The molecule has 2 aromatic heterocycles. The molecule has 11 nitrogen and oxygen atoms in total. The Hall–Kier alpha value is -3.67. The Labute approximate surface area is 263 Å². The van der Waals surface area contributed by atoms with Crippen molar-refractivity contribution in [2.75, 3.05) is 25.1 Å². The minimum absolute atomic E-state index is 0.00553. The fourth-order valence-corrected chi connectivity index (χ4v) is 6.54. The van der Waals surface area contributed by atoms with Gasteiger partial charge in [-0.25, -0.2) is 9.67 Å². The number of thioether (sulfide) groups is 1. The van der Waals surface area contributed by atoms with Crippen molar-refractivity contribution in [1.29, 1.82) is 0 Å². The molecule has 3 aromatic rings. The molecule has 3 heterocycles. The maximum Gasteiger partial charge on any atom is 0.272 e. The Bertz CT molecular complexity index is 1470. The maximum absolute atomic E-state index is 14.2. The van der Waals surface area contributed by atoms with Crippen molar-refractivity contribution in [1.82, 2.24) is 40.1 Å². The predicted molar refractivity (Wildman–Crippen MR) is 171 cm³/mol. The highest BCUT2D eigenvalue weighted by molar-refractivity contribution is 7.98. The van der Waals surface area contributed by atoms with Gasteiger partial charge < -0.3 is 15.5 Å². The van der Waals surface area contributed by atoms with Crippen LogP contribution < -0.4 is 10.6 Å². The molecule has 5 rings (SSSR count). The first-order valence-corrected chi connectivity index (χ1v) is 17.1. The van der Waals surface area contributed by atoms with Gasteiger partial charge >= 0.3 is 0 Å². The molecule has 0 fully saturated rings. The van der Waals surface area contributed by atoms with Crippen LogP contribution in [-0.4, -0.2) is 78.3 Å². The Morgan fingerprint density at radius 1 is 1.00 bits per heavy atom. The molecule has 0 saturated carbocycles. The molecule has 2 N–H and O–H groups in total. The topological polar surface area (TPSA) is 127 Å². The van der Waals surface area contributed by atoms with Gasteiger partial charge in [0.25, 0.3) is 5.91 Å². The third kappa shape index (κ3) is 7.17. The predicted octanol–water partition coefficient (Wildman–Crippen LogP) is 3.54. The Balaban J connectivity index is 1.52. The number of carbonyl (C=O) groups excluding carboxylic acids is 3. The van der Waals surface area contributed by atoms with Gasteiger partial charge in [-0.15, -0.1) is 0 Å². The van der Waals surface area contributed by atoms with Crippen LogP contribution in [0.1, 0.15) is 79.6 Å². The second-order valence-corrected chi connectivity index (χ2v) is 13.0. The number of aryl methyl sites for hydroxylation is 2. The van der Waals surface area contributed by atoms with Crippen LogP contribution in [0.4, 0.5) is 0 Å². The highest BCUT2D eigenvalue weighted by Gasteiger charge is 2.31. The summed E-state index contributed by atoms with van der Waals surface area (Å²) in [5.74, 6) is 1.43. The van der Waals surface area contributed by atoms with E-state index in [2.05, 4.69) is 15.7 Å². The summed E-state index contributed by atoms with van der Waals surface area (Å²) in [6, 6.07) is 8.65. The standard InChI is InChI=1S/C32H44N8O3S/c1-21(2)27-30-35-29(22-11-6-5-7-12-22)37-40(30)19-18-39(32(43)28-23-13-8-9-14-24(23)36-38(28)3)17-10-15-26(41)33-25(16-20-44-4)31(42)34-27/h5-7,11-12,21,25,27H,8-10,13-20H2,1-4H3,(H,33,41)(H,34,42)/t25-,27+/m0/s1. The summed E-state index contributed by atoms with van der Waals surface area (Å²) in [4.78, 5) is 47.6. The maximum atomic E-state index is 14.2. The summed E-state index contributed by atoms with van der Waals surface area (Å²) in [5.41, 5.74) is 3.58. The monoisotopic (exact) mass is 620 g/mol. The molecule has 12 heteroatoms. The van der Waals surface area contributed by atoms with E-state index in [1.165, 1.54) is 0 Å². The molecule has 1 aliphatic carbocycles. The number of nitrogens with zero attached hydrogens (tertiary/aromatic N) is 6. The van der Waals surface area contributed by atoms with Gasteiger partial charge in [0.2, 0.25) is 11.8 Å². The highest BCUT2D eigenvalue weighted by Crippen LogP contribution is 2.27. The number of aromatic nitrogens is 5. The number of fused-ring (bicyclic) bond motifs is 2. The number of carbonyl (C=O) groups is 3. The molecule has 2 atom stereocenters. The van der Waals surface area contributed by atoms with Crippen LogP contribution in [0.3, 0.4) is 0 Å². The molecular weight excluding hydrogens is 576 g/mol. The third-order valence-electron chi connectivity index (χ3n) is 8.46. The largest absolute Gasteiger partial charge is 0.344 e. The van der Waals surface area contributed by atoms with Crippen LogP contribution in [-0.2, 0) is 36.0 Å². The molecular formula is C32H44N8O3S. The first-order chi connectivity index (χ1) is 21.3. The zero-order valence-electron chi connectivity index (χ0n) is 26.2. The highest BCUT2D eigenvalue weighted by atomic mass is 32.2. The fraction of sp³-hybridized carbons (Fsp3) is 0.562. The number of amides is 3. The normalized spacial score (nSPS) is 20.0. The number of nitrogens with one attached hydrogen (secondary N) is 2. The lowest BCUT2D eigenvalue weighted by Gasteiger charge is -2.28. The number of hydrogen-bond donors (Lipinski definition) is 2. The lowest BCUT2D eigenvalue weighted by atomic mass is 9.95. The quantitative estimate of drug-likeness (QED) is 0.432. The van der Waals surface area contributed by atoms with Crippen molar-refractivity contribution in [2.24, 2.45) is 13.0 Å². The minimum Gasteiger partial charge on any atom is -0.344 e. The molecule has 0 saturated heterocycles. The van der Waals surface area contributed by atoms with E-state index in [-0.39, 0.29) is 30.1 Å². The van der Waals surface area contributed by atoms with E-state index in [0.29, 0.717) is 49.8 Å². The Kier molecular flexibility index (Phi) is 10.4. The molecule has 0 bridgehead atoms. The van der Waals surface area contributed by atoms with Crippen LogP contribution in [0.2, 0.25) is 0 Å². The van der Waals surface area contributed by atoms with Crippen molar-refractivity contribution in [3.05, 3.63) is 53.1 Å². The van der Waals surface area contributed by atoms with Crippen LogP contribution in [0.25, 0.3) is 11.4 Å². The van der Waals surface area contributed by atoms with E-state index in [9.17, 15) is 14.4 Å². The molecule has 1 aliphatic heterocycles.